The molecule has 1 aromatic rings. The molecule has 7 heteroatoms. The van der Waals surface area contributed by atoms with Crippen molar-refractivity contribution in [2.24, 2.45) is 0 Å². The summed E-state index contributed by atoms with van der Waals surface area (Å²) in [6.07, 6.45) is -1.95. The molecule has 2 N–H and O–H groups in total. The van der Waals surface area contributed by atoms with Crippen LogP contribution in [0.4, 0.5) is 0 Å². The van der Waals surface area contributed by atoms with Crippen molar-refractivity contribution in [1.82, 2.24) is 4.72 Å². The molecule has 0 aliphatic carbocycles. The number of sulfonamides is 1. The summed E-state index contributed by atoms with van der Waals surface area (Å²) in [4.78, 5) is 0.196. The lowest BCUT2D eigenvalue weighted by molar-refractivity contribution is -0.155. The molecule has 0 spiro atoms. The predicted octanol–water partition coefficient (Wildman–Crippen LogP) is 1.56. The molecule has 0 aromatic heterocycles. The van der Waals surface area contributed by atoms with E-state index in [2.05, 4.69) is 4.72 Å². The summed E-state index contributed by atoms with van der Waals surface area (Å²) in [7, 11) is -3.67. The maximum atomic E-state index is 12.5. The zero-order valence-electron chi connectivity index (χ0n) is 14.1. The van der Waals surface area contributed by atoms with Gasteiger partial charge in [0.25, 0.3) is 0 Å². The number of aliphatic hydroxyl groups is 1. The number of aliphatic hydroxyl groups excluding tert-OH is 1. The molecule has 130 valence electrons. The van der Waals surface area contributed by atoms with Gasteiger partial charge in [-0.05, 0) is 46.8 Å². The van der Waals surface area contributed by atoms with E-state index in [0.717, 1.165) is 5.56 Å². The lowest BCUT2D eigenvalue weighted by Crippen LogP contribution is -2.48. The Balaban J connectivity index is 2.17. The number of aryl methyl sites for hydroxylation is 1. The van der Waals surface area contributed by atoms with Gasteiger partial charge >= 0.3 is 0 Å². The number of benzene rings is 1. The molecular formula is C16H25NO5S. The van der Waals surface area contributed by atoms with Crippen LogP contribution in [-0.2, 0) is 19.5 Å². The highest BCUT2D eigenvalue weighted by molar-refractivity contribution is 7.89. The fourth-order valence-electron chi connectivity index (χ4n) is 2.67. The summed E-state index contributed by atoms with van der Waals surface area (Å²) in [6, 6.07) is 6.06. The van der Waals surface area contributed by atoms with E-state index in [1.807, 2.05) is 6.92 Å². The number of hydrogen-bond donors (Lipinski definition) is 2. The first-order valence-electron chi connectivity index (χ1n) is 7.64. The van der Waals surface area contributed by atoms with E-state index in [4.69, 9.17) is 9.47 Å². The van der Waals surface area contributed by atoms with Gasteiger partial charge in [-0.1, -0.05) is 17.7 Å². The summed E-state index contributed by atoms with van der Waals surface area (Å²) < 4.78 is 39.0. The Bertz CT molecular complexity index is 639. The van der Waals surface area contributed by atoms with Crippen molar-refractivity contribution in [2.45, 2.75) is 69.7 Å². The Morgan fingerprint density at radius 1 is 1.13 bits per heavy atom. The van der Waals surface area contributed by atoms with Crippen LogP contribution in [0.1, 0.15) is 33.3 Å². The third kappa shape index (κ3) is 4.30. The largest absolute Gasteiger partial charge is 0.391 e. The Morgan fingerprint density at radius 2 is 1.65 bits per heavy atom. The van der Waals surface area contributed by atoms with Gasteiger partial charge in [0.2, 0.25) is 10.0 Å². The predicted molar refractivity (Wildman–Crippen MR) is 86.5 cm³/mol. The zero-order chi connectivity index (χ0) is 17.4. The molecule has 0 amide bonds. The first-order valence-corrected chi connectivity index (χ1v) is 9.13. The van der Waals surface area contributed by atoms with Crippen molar-refractivity contribution in [3.8, 4) is 0 Å². The van der Waals surface area contributed by atoms with Crippen molar-refractivity contribution in [1.29, 1.82) is 0 Å². The molecule has 2 rings (SSSR count). The van der Waals surface area contributed by atoms with Crippen LogP contribution in [0.25, 0.3) is 0 Å². The minimum atomic E-state index is -3.67. The van der Waals surface area contributed by atoms with Crippen molar-refractivity contribution in [2.75, 3.05) is 0 Å². The molecule has 0 bridgehead atoms. The molecular weight excluding hydrogens is 318 g/mol. The summed E-state index contributed by atoms with van der Waals surface area (Å²) in [5.41, 5.74) is 0.987. The lowest BCUT2D eigenvalue weighted by atomic mass is 10.0. The molecule has 4 atom stereocenters. The van der Waals surface area contributed by atoms with E-state index in [9.17, 15) is 13.5 Å². The number of rotatable bonds is 5. The lowest BCUT2D eigenvalue weighted by Gasteiger charge is -2.25. The van der Waals surface area contributed by atoms with Gasteiger partial charge in [-0.15, -0.1) is 0 Å². The van der Waals surface area contributed by atoms with E-state index in [1.165, 1.54) is 0 Å². The third-order valence-electron chi connectivity index (χ3n) is 3.80. The molecule has 1 aromatic carbocycles. The van der Waals surface area contributed by atoms with Crippen LogP contribution < -0.4 is 4.72 Å². The number of hydrogen-bond acceptors (Lipinski definition) is 5. The van der Waals surface area contributed by atoms with Crippen LogP contribution >= 0.6 is 0 Å². The van der Waals surface area contributed by atoms with E-state index in [-0.39, 0.29) is 4.90 Å². The second-order valence-corrected chi connectivity index (χ2v) is 8.24. The summed E-state index contributed by atoms with van der Waals surface area (Å²) in [5, 5.41) is 9.87. The second kappa shape index (κ2) is 6.49. The maximum Gasteiger partial charge on any atom is 0.240 e. The minimum Gasteiger partial charge on any atom is -0.391 e. The van der Waals surface area contributed by atoms with Crippen molar-refractivity contribution in [3.05, 3.63) is 29.8 Å². The van der Waals surface area contributed by atoms with Crippen LogP contribution in [0.2, 0.25) is 0 Å². The maximum absolute atomic E-state index is 12.5. The highest BCUT2D eigenvalue weighted by atomic mass is 32.2. The molecule has 0 radical (unpaired) electrons. The van der Waals surface area contributed by atoms with E-state index in [0.29, 0.717) is 0 Å². The monoisotopic (exact) mass is 343 g/mol. The molecule has 0 unspecified atom stereocenters. The van der Waals surface area contributed by atoms with Crippen molar-refractivity contribution < 1.29 is 23.0 Å². The Kier molecular flexibility index (Phi) is 5.18. The molecule has 1 fully saturated rings. The van der Waals surface area contributed by atoms with Gasteiger partial charge in [-0.3, -0.25) is 0 Å². The van der Waals surface area contributed by atoms with Crippen LogP contribution in [-0.4, -0.2) is 43.7 Å². The number of ether oxygens (including phenoxy) is 2. The topological polar surface area (TPSA) is 84.9 Å². The van der Waals surface area contributed by atoms with Crippen LogP contribution in [0, 0.1) is 6.92 Å². The smallest absolute Gasteiger partial charge is 0.240 e. The molecule has 23 heavy (non-hydrogen) atoms. The summed E-state index contributed by atoms with van der Waals surface area (Å²) >= 11 is 0. The number of nitrogens with one attached hydrogen (secondary N) is 1. The quantitative estimate of drug-likeness (QED) is 0.847. The highest BCUT2D eigenvalue weighted by Gasteiger charge is 2.46. The van der Waals surface area contributed by atoms with Gasteiger partial charge < -0.3 is 14.6 Å². The fraction of sp³-hybridized carbons (Fsp3) is 0.625. The highest BCUT2D eigenvalue weighted by Crippen LogP contribution is 2.32. The molecule has 0 saturated carbocycles. The molecule has 6 nitrogen and oxygen atoms in total. The van der Waals surface area contributed by atoms with E-state index in [1.54, 1.807) is 52.0 Å². The van der Waals surface area contributed by atoms with Gasteiger partial charge in [0, 0.05) is 6.04 Å². The zero-order valence-corrected chi connectivity index (χ0v) is 14.9. The SMILES string of the molecule is Cc1ccc(S(=O)(=O)N[C@@H](C)[C@H]2OC(C)(C)O[C@@H]2[C@@H](C)O)cc1. The fourth-order valence-corrected chi connectivity index (χ4v) is 3.93. The first-order chi connectivity index (χ1) is 10.5. The van der Waals surface area contributed by atoms with E-state index >= 15 is 0 Å². The Morgan fingerprint density at radius 3 is 2.17 bits per heavy atom. The van der Waals surface area contributed by atoms with Crippen molar-refractivity contribution in [3.63, 3.8) is 0 Å². The minimum absolute atomic E-state index is 0.196. The van der Waals surface area contributed by atoms with Gasteiger partial charge in [-0.2, -0.15) is 0 Å². The molecule has 1 aliphatic rings. The van der Waals surface area contributed by atoms with Crippen LogP contribution in [0.5, 0.6) is 0 Å². The standard InChI is InChI=1S/C16H25NO5S/c1-10-6-8-13(9-7-10)23(19,20)17-11(2)14-15(12(3)18)22-16(4,5)21-14/h6-9,11-12,14-15,17-18H,1-5H3/t11-,12+,14+,15+/m0/s1. The molecule has 1 saturated heterocycles. The van der Waals surface area contributed by atoms with Gasteiger partial charge in [0.1, 0.15) is 12.2 Å². The average Bonchev–Trinajstić information content (AvgIpc) is 2.75. The van der Waals surface area contributed by atoms with Gasteiger partial charge in [-0.25, -0.2) is 13.1 Å². The van der Waals surface area contributed by atoms with Gasteiger partial charge in [0.05, 0.1) is 11.0 Å². The van der Waals surface area contributed by atoms with Crippen molar-refractivity contribution >= 4 is 10.0 Å². The summed E-state index contributed by atoms with van der Waals surface area (Å²) in [6.45, 7) is 8.68. The van der Waals surface area contributed by atoms with E-state index < -0.39 is 40.2 Å². The Hall–Kier alpha value is -0.990. The molecule has 1 aliphatic heterocycles. The Labute approximate surface area is 137 Å². The average molecular weight is 343 g/mol. The third-order valence-corrected chi connectivity index (χ3v) is 5.38. The van der Waals surface area contributed by atoms with Crippen LogP contribution in [0.3, 0.4) is 0 Å². The van der Waals surface area contributed by atoms with Gasteiger partial charge in [0.15, 0.2) is 5.79 Å². The second-order valence-electron chi connectivity index (χ2n) is 6.53. The van der Waals surface area contributed by atoms with Crippen LogP contribution in [0.15, 0.2) is 29.2 Å². The normalized spacial score (nSPS) is 26.9. The summed E-state index contributed by atoms with van der Waals surface area (Å²) in [5.74, 6) is -0.865. The first kappa shape index (κ1) is 18.4. The molecule has 1 heterocycles.